The molecule has 1 atom stereocenters. The van der Waals surface area contributed by atoms with Crippen LogP contribution < -0.4 is 5.73 Å². The topological polar surface area (TPSA) is 83.6 Å². The minimum Gasteiger partial charge on any atom is -0.327 e. The molecular formula is C8H18NO3P. The Hall–Kier alpha value is 0.110. The zero-order chi connectivity index (χ0) is 10.1. The number of hydrogen-bond acceptors (Lipinski definition) is 2. The van der Waals surface area contributed by atoms with Gasteiger partial charge in [0, 0.05) is 6.04 Å². The first-order chi connectivity index (χ1) is 5.90. The van der Waals surface area contributed by atoms with Crippen molar-refractivity contribution in [1.82, 2.24) is 0 Å². The predicted molar refractivity (Wildman–Crippen MR) is 51.5 cm³/mol. The lowest BCUT2D eigenvalue weighted by Crippen LogP contribution is -2.47. The molecule has 13 heavy (non-hydrogen) atoms. The summed E-state index contributed by atoms with van der Waals surface area (Å²) in [4.78, 5) is 18.6. The molecule has 0 radical (unpaired) electrons. The van der Waals surface area contributed by atoms with Gasteiger partial charge in [-0.25, -0.2) is 0 Å². The summed E-state index contributed by atoms with van der Waals surface area (Å²) in [6.07, 6.45) is 3.96. The van der Waals surface area contributed by atoms with Crippen LogP contribution in [-0.4, -0.2) is 21.0 Å². The lowest BCUT2D eigenvalue weighted by Gasteiger charge is -2.40. The SMILES string of the molecule is CC(N)C1(P(=O)(O)O)CCCCC1. The molecule has 1 fully saturated rings. The van der Waals surface area contributed by atoms with Gasteiger partial charge in [-0.15, -0.1) is 0 Å². The second kappa shape index (κ2) is 3.70. The molecule has 1 unspecified atom stereocenters. The molecule has 1 aliphatic rings. The number of rotatable bonds is 2. The summed E-state index contributed by atoms with van der Waals surface area (Å²) in [7, 11) is -4.05. The highest BCUT2D eigenvalue weighted by atomic mass is 31.2. The molecular weight excluding hydrogens is 189 g/mol. The van der Waals surface area contributed by atoms with Gasteiger partial charge in [0.05, 0.1) is 5.16 Å². The smallest absolute Gasteiger partial charge is 0.327 e. The van der Waals surface area contributed by atoms with Gasteiger partial charge in [0.25, 0.3) is 0 Å². The van der Waals surface area contributed by atoms with E-state index < -0.39 is 18.8 Å². The second-order valence-electron chi connectivity index (χ2n) is 4.00. The molecule has 4 N–H and O–H groups in total. The molecule has 0 saturated heterocycles. The Morgan fingerprint density at radius 2 is 1.77 bits per heavy atom. The predicted octanol–water partition coefficient (Wildman–Crippen LogP) is 1.21. The summed E-state index contributed by atoms with van der Waals surface area (Å²) in [5, 5.41) is -0.939. The maximum Gasteiger partial charge on any atom is 0.333 e. The highest BCUT2D eigenvalue weighted by molar-refractivity contribution is 7.53. The van der Waals surface area contributed by atoms with E-state index in [0.29, 0.717) is 12.8 Å². The van der Waals surface area contributed by atoms with Crippen LogP contribution in [0.3, 0.4) is 0 Å². The molecule has 0 aliphatic heterocycles. The van der Waals surface area contributed by atoms with Crippen LogP contribution >= 0.6 is 7.60 Å². The molecule has 0 amide bonds. The van der Waals surface area contributed by atoms with Gasteiger partial charge in [-0.3, -0.25) is 4.57 Å². The van der Waals surface area contributed by atoms with E-state index in [-0.39, 0.29) is 0 Å². The maximum absolute atomic E-state index is 11.4. The van der Waals surface area contributed by atoms with Crippen LogP contribution in [0.2, 0.25) is 0 Å². The average molecular weight is 207 g/mol. The van der Waals surface area contributed by atoms with Crippen LogP contribution in [0.1, 0.15) is 39.0 Å². The summed E-state index contributed by atoms with van der Waals surface area (Å²) in [5.74, 6) is 0. The van der Waals surface area contributed by atoms with Gasteiger partial charge in [0.15, 0.2) is 0 Å². The van der Waals surface area contributed by atoms with Gasteiger partial charge < -0.3 is 15.5 Å². The van der Waals surface area contributed by atoms with Gasteiger partial charge in [0.2, 0.25) is 0 Å². The highest BCUT2D eigenvalue weighted by Gasteiger charge is 2.49. The zero-order valence-corrected chi connectivity index (χ0v) is 8.83. The largest absolute Gasteiger partial charge is 0.333 e. The fraction of sp³-hybridized carbons (Fsp3) is 1.00. The number of nitrogens with two attached hydrogens (primary N) is 1. The van der Waals surface area contributed by atoms with Crippen molar-refractivity contribution < 1.29 is 14.4 Å². The number of hydrogen-bond donors (Lipinski definition) is 3. The molecule has 0 spiro atoms. The highest BCUT2D eigenvalue weighted by Crippen LogP contribution is 2.58. The van der Waals surface area contributed by atoms with Crippen molar-refractivity contribution >= 4 is 7.60 Å². The fourth-order valence-corrected chi connectivity index (χ4v) is 3.61. The molecule has 0 bridgehead atoms. The van der Waals surface area contributed by atoms with Crippen LogP contribution in [0, 0.1) is 0 Å². The molecule has 1 aliphatic carbocycles. The molecule has 4 nitrogen and oxygen atoms in total. The van der Waals surface area contributed by atoms with E-state index in [2.05, 4.69) is 0 Å². The molecule has 5 heteroatoms. The van der Waals surface area contributed by atoms with Crippen molar-refractivity contribution in [3.05, 3.63) is 0 Å². The quantitative estimate of drug-likeness (QED) is 0.594. The van der Waals surface area contributed by atoms with Crippen molar-refractivity contribution in [3.8, 4) is 0 Å². The Balaban J connectivity index is 2.93. The first-order valence-electron chi connectivity index (χ1n) is 4.71. The van der Waals surface area contributed by atoms with Crippen LogP contribution in [-0.2, 0) is 4.57 Å². The monoisotopic (exact) mass is 207 g/mol. The van der Waals surface area contributed by atoms with Crippen molar-refractivity contribution in [2.75, 3.05) is 0 Å². The Morgan fingerprint density at radius 3 is 2.00 bits per heavy atom. The van der Waals surface area contributed by atoms with E-state index in [1.165, 1.54) is 0 Å². The van der Waals surface area contributed by atoms with Crippen LogP contribution in [0.4, 0.5) is 0 Å². The van der Waals surface area contributed by atoms with Crippen LogP contribution in [0.5, 0.6) is 0 Å². The molecule has 78 valence electrons. The van der Waals surface area contributed by atoms with E-state index in [1.807, 2.05) is 0 Å². The molecule has 0 aromatic carbocycles. The third kappa shape index (κ3) is 1.96. The van der Waals surface area contributed by atoms with Crippen molar-refractivity contribution in [3.63, 3.8) is 0 Å². The van der Waals surface area contributed by atoms with Gasteiger partial charge >= 0.3 is 7.60 Å². The lowest BCUT2D eigenvalue weighted by atomic mass is 9.84. The Bertz CT molecular complexity index is 217. The second-order valence-corrected chi connectivity index (χ2v) is 5.98. The lowest BCUT2D eigenvalue weighted by molar-refractivity contribution is 0.256. The molecule has 0 aromatic heterocycles. The van der Waals surface area contributed by atoms with Crippen LogP contribution in [0.25, 0.3) is 0 Å². The third-order valence-corrected chi connectivity index (χ3v) is 5.16. The Morgan fingerprint density at radius 1 is 1.31 bits per heavy atom. The summed E-state index contributed by atoms with van der Waals surface area (Å²) < 4.78 is 11.4. The van der Waals surface area contributed by atoms with Gasteiger partial charge in [-0.05, 0) is 19.8 Å². The van der Waals surface area contributed by atoms with E-state index in [0.717, 1.165) is 19.3 Å². The van der Waals surface area contributed by atoms with E-state index in [1.54, 1.807) is 6.92 Å². The van der Waals surface area contributed by atoms with Crippen molar-refractivity contribution in [2.45, 2.75) is 50.2 Å². The minimum atomic E-state index is -4.05. The molecule has 1 rings (SSSR count). The first-order valence-corrected chi connectivity index (χ1v) is 6.33. The standard InChI is InChI=1S/C8H18NO3P/c1-7(9)8(13(10,11)12)5-3-2-4-6-8/h7H,2-6,9H2,1H3,(H2,10,11,12). The van der Waals surface area contributed by atoms with E-state index >= 15 is 0 Å². The normalized spacial score (nSPS) is 25.5. The first kappa shape index (κ1) is 11.2. The summed E-state index contributed by atoms with van der Waals surface area (Å²) >= 11 is 0. The Kier molecular flexibility index (Phi) is 3.18. The average Bonchev–Trinajstić information content (AvgIpc) is 2.03. The van der Waals surface area contributed by atoms with E-state index in [9.17, 15) is 14.4 Å². The molecule has 1 saturated carbocycles. The maximum atomic E-state index is 11.4. The van der Waals surface area contributed by atoms with E-state index in [4.69, 9.17) is 5.73 Å². The van der Waals surface area contributed by atoms with Crippen molar-refractivity contribution in [2.24, 2.45) is 5.73 Å². The zero-order valence-electron chi connectivity index (χ0n) is 7.94. The summed E-state index contributed by atoms with van der Waals surface area (Å²) in [5.41, 5.74) is 5.70. The fourth-order valence-electron chi connectivity index (χ4n) is 2.18. The Labute approximate surface area is 78.7 Å². The minimum absolute atomic E-state index is 0.423. The summed E-state index contributed by atoms with van der Waals surface area (Å²) in [6.45, 7) is 1.70. The van der Waals surface area contributed by atoms with Gasteiger partial charge in [-0.2, -0.15) is 0 Å². The molecule has 0 aromatic rings. The van der Waals surface area contributed by atoms with Crippen molar-refractivity contribution in [1.29, 1.82) is 0 Å². The summed E-state index contributed by atoms with van der Waals surface area (Å²) in [6, 6.07) is -0.423. The third-order valence-electron chi connectivity index (χ3n) is 3.15. The van der Waals surface area contributed by atoms with Gasteiger partial charge in [0.1, 0.15) is 0 Å². The van der Waals surface area contributed by atoms with Crippen LogP contribution in [0.15, 0.2) is 0 Å². The molecule has 0 heterocycles. The van der Waals surface area contributed by atoms with Gasteiger partial charge in [-0.1, -0.05) is 19.3 Å².